The smallest absolute Gasteiger partial charge is 0.258 e. The molecule has 0 bridgehead atoms. The number of halogens is 2. The van der Waals surface area contributed by atoms with Crippen LogP contribution in [0.1, 0.15) is 12.8 Å². The summed E-state index contributed by atoms with van der Waals surface area (Å²) in [4.78, 5) is 22.9. The van der Waals surface area contributed by atoms with Gasteiger partial charge >= 0.3 is 0 Å². The minimum atomic E-state index is -0.366. The highest BCUT2D eigenvalue weighted by atomic mass is 79.9. The van der Waals surface area contributed by atoms with Crippen LogP contribution in [0.4, 0.5) is 0 Å². The van der Waals surface area contributed by atoms with E-state index in [-0.39, 0.29) is 31.0 Å². The Morgan fingerprint density at radius 1 is 1.35 bits per heavy atom. The van der Waals surface area contributed by atoms with Gasteiger partial charge in [-0.15, -0.1) is 0 Å². The van der Waals surface area contributed by atoms with Gasteiger partial charge in [-0.25, -0.2) is 0 Å². The molecular weight excluding hydrogens is 348 g/mol. The number of hydrogen-bond acceptors (Lipinski definition) is 3. The van der Waals surface area contributed by atoms with Gasteiger partial charge in [0.05, 0.1) is 11.6 Å². The minimum Gasteiger partial charge on any atom is -0.482 e. The van der Waals surface area contributed by atoms with Crippen molar-refractivity contribution in [3.8, 4) is 5.75 Å². The van der Waals surface area contributed by atoms with Crippen molar-refractivity contribution in [1.82, 2.24) is 10.6 Å². The quantitative estimate of drug-likeness (QED) is 0.813. The first-order chi connectivity index (χ1) is 9.54. The highest BCUT2D eigenvalue weighted by molar-refractivity contribution is 9.10. The van der Waals surface area contributed by atoms with E-state index in [2.05, 4.69) is 26.6 Å². The number of amides is 2. The van der Waals surface area contributed by atoms with E-state index >= 15 is 0 Å². The lowest BCUT2D eigenvalue weighted by Crippen LogP contribution is -2.39. The highest BCUT2D eigenvalue weighted by Crippen LogP contribution is 2.27. The zero-order valence-electron chi connectivity index (χ0n) is 10.6. The maximum atomic E-state index is 11.5. The fourth-order valence-corrected chi connectivity index (χ4v) is 2.20. The topological polar surface area (TPSA) is 67.4 Å². The van der Waals surface area contributed by atoms with Gasteiger partial charge in [0, 0.05) is 10.5 Å². The Kier molecular flexibility index (Phi) is 5.25. The van der Waals surface area contributed by atoms with Crippen LogP contribution >= 0.6 is 27.5 Å². The fraction of sp³-hybridized carbons (Fsp3) is 0.385. The molecule has 0 aromatic heterocycles. The summed E-state index contributed by atoms with van der Waals surface area (Å²) >= 11 is 9.23. The van der Waals surface area contributed by atoms with Crippen molar-refractivity contribution in [2.75, 3.05) is 13.2 Å². The molecule has 2 amide bonds. The Morgan fingerprint density at radius 3 is 2.75 bits per heavy atom. The van der Waals surface area contributed by atoms with Crippen molar-refractivity contribution < 1.29 is 14.3 Å². The average molecular weight is 362 g/mol. The molecule has 7 heteroatoms. The Hall–Kier alpha value is -1.27. The molecule has 2 rings (SSSR count). The predicted octanol–water partition coefficient (Wildman–Crippen LogP) is 1.88. The van der Waals surface area contributed by atoms with E-state index in [0.717, 1.165) is 17.3 Å². The lowest BCUT2D eigenvalue weighted by atomic mass is 10.3. The Balaban J connectivity index is 1.70. The van der Waals surface area contributed by atoms with Gasteiger partial charge in [0.25, 0.3) is 5.91 Å². The van der Waals surface area contributed by atoms with Crippen molar-refractivity contribution in [2.45, 2.75) is 18.9 Å². The molecule has 1 aliphatic rings. The van der Waals surface area contributed by atoms with Gasteiger partial charge in [-0.05, 0) is 31.0 Å². The van der Waals surface area contributed by atoms with E-state index < -0.39 is 0 Å². The standard InChI is InChI=1S/C13H14BrClN2O3/c14-8-1-4-11(10(15)5-8)20-7-13(19)16-6-12(18)17-9-2-3-9/h1,4-5,9H,2-3,6-7H2,(H,16,19)(H,17,18). The lowest BCUT2D eigenvalue weighted by molar-refractivity contribution is -0.127. The number of hydrogen-bond donors (Lipinski definition) is 2. The molecule has 1 aromatic carbocycles. The molecule has 0 aliphatic heterocycles. The van der Waals surface area contributed by atoms with Gasteiger partial charge in [-0.1, -0.05) is 27.5 Å². The number of benzene rings is 1. The van der Waals surface area contributed by atoms with Gasteiger partial charge in [0.15, 0.2) is 6.61 Å². The molecule has 0 spiro atoms. The second kappa shape index (κ2) is 6.95. The zero-order chi connectivity index (χ0) is 14.5. The van der Waals surface area contributed by atoms with Gasteiger partial charge in [-0.3, -0.25) is 9.59 Å². The molecule has 108 valence electrons. The largest absolute Gasteiger partial charge is 0.482 e. The molecule has 2 N–H and O–H groups in total. The maximum Gasteiger partial charge on any atom is 0.258 e. The molecule has 1 aromatic rings. The van der Waals surface area contributed by atoms with Crippen LogP contribution in [0.2, 0.25) is 5.02 Å². The summed E-state index contributed by atoms with van der Waals surface area (Å²) in [6, 6.07) is 5.40. The van der Waals surface area contributed by atoms with E-state index in [9.17, 15) is 9.59 Å². The van der Waals surface area contributed by atoms with Crippen molar-refractivity contribution in [3.63, 3.8) is 0 Å². The summed E-state index contributed by atoms with van der Waals surface area (Å²) in [5.41, 5.74) is 0. The SMILES string of the molecule is O=C(COc1ccc(Br)cc1Cl)NCC(=O)NC1CC1. The Morgan fingerprint density at radius 2 is 2.10 bits per heavy atom. The van der Waals surface area contributed by atoms with Gasteiger partial charge in [0.1, 0.15) is 5.75 Å². The summed E-state index contributed by atoms with van der Waals surface area (Å²) in [7, 11) is 0. The first kappa shape index (κ1) is 15.1. The Labute approximate surface area is 130 Å². The molecule has 20 heavy (non-hydrogen) atoms. The van der Waals surface area contributed by atoms with Gasteiger partial charge < -0.3 is 15.4 Å². The van der Waals surface area contributed by atoms with Crippen LogP contribution in [-0.4, -0.2) is 31.0 Å². The molecule has 1 saturated carbocycles. The summed E-state index contributed by atoms with van der Waals surface area (Å²) in [6.45, 7) is -0.217. The maximum absolute atomic E-state index is 11.5. The number of carbonyl (C=O) groups excluding carboxylic acids is 2. The van der Waals surface area contributed by atoms with Crippen LogP contribution in [0.3, 0.4) is 0 Å². The fourth-order valence-electron chi connectivity index (χ4n) is 1.47. The molecule has 0 atom stereocenters. The molecule has 0 heterocycles. The van der Waals surface area contributed by atoms with Gasteiger partial charge in [-0.2, -0.15) is 0 Å². The van der Waals surface area contributed by atoms with E-state index in [1.165, 1.54) is 0 Å². The molecule has 1 fully saturated rings. The average Bonchev–Trinajstić information content (AvgIpc) is 3.19. The van der Waals surface area contributed by atoms with Crippen LogP contribution in [-0.2, 0) is 9.59 Å². The molecule has 1 aliphatic carbocycles. The molecule has 0 saturated heterocycles. The number of rotatable bonds is 6. The molecule has 0 unspecified atom stereocenters. The van der Waals surface area contributed by atoms with Crippen molar-refractivity contribution in [1.29, 1.82) is 0 Å². The predicted molar refractivity (Wildman–Crippen MR) is 78.8 cm³/mol. The number of nitrogens with one attached hydrogen (secondary N) is 2. The van der Waals surface area contributed by atoms with Crippen LogP contribution < -0.4 is 15.4 Å². The molecule has 5 nitrogen and oxygen atoms in total. The number of carbonyl (C=O) groups is 2. The first-order valence-corrected chi connectivity index (χ1v) is 7.35. The summed E-state index contributed by atoms with van der Waals surface area (Å²) in [5.74, 6) is -0.120. The summed E-state index contributed by atoms with van der Waals surface area (Å²) in [6.07, 6.45) is 2.04. The van der Waals surface area contributed by atoms with Gasteiger partial charge in [0.2, 0.25) is 5.91 Å². The first-order valence-electron chi connectivity index (χ1n) is 6.18. The third-order valence-electron chi connectivity index (χ3n) is 2.64. The number of ether oxygens (including phenoxy) is 1. The third-order valence-corrected chi connectivity index (χ3v) is 3.43. The molecular formula is C13H14BrClN2O3. The normalized spacial score (nSPS) is 13.7. The van der Waals surface area contributed by atoms with Crippen molar-refractivity contribution in [2.24, 2.45) is 0 Å². The summed E-state index contributed by atoms with van der Waals surface area (Å²) in [5, 5.41) is 5.68. The monoisotopic (exact) mass is 360 g/mol. The van der Waals surface area contributed by atoms with Crippen LogP contribution in [0.5, 0.6) is 5.75 Å². The Bertz CT molecular complexity index is 520. The van der Waals surface area contributed by atoms with E-state index in [1.807, 2.05) is 0 Å². The van der Waals surface area contributed by atoms with Crippen LogP contribution in [0.25, 0.3) is 0 Å². The zero-order valence-corrected chi connectivity index (χ0v) is 13.0. The second-order valence-electron chi connectivity index (χ2n) is 4.48. The lowest BCUT2D eigenvalue weighted by Gasteiger charge is -2.09. The third kappa shape index (κ3) is 5.02. The van der Waals surface area contributed by atoms with Crippen LogP contribution in [0, 0.1) is 0 Å². The van der Waals surface area contributed by atoms with E-state index in [1.54, 1.807) is 18.2 Å². The van der Waals surface area contributed by atoms with Crippen molar-refractivity contribution >= 4 is 39.3 Å². The molecule has 0 radical (unpaired) electrons. The minimum absolute atomic E-state index is 0.0350. The van der Waals surface area contributed by atoms with Crippen LogP contribution in [0.15, 0.2) is 22.7 Å². The summed E-state index contributed by atoms with van der Waals surface area (Å²) < 4.78 is 6.11. The van der Waals surface area contributed by atoms with E-state index in [0.29, 0.717) is 10.8 Å². The second-order valence-corrected chi connectivity index (χ2v) is 5.80. The van der Waals surface area contributed by atoms with Crippen molar-refractivity contribution in [3.05, 3.63) is 27.7 Å². The highest BCUT2D eigenvalue weighted by Gasteiger charge is 2.23. The van der Waals surface area contributed by atoms with E-state index in [4.69, 9.17) is 16.3 Å².